The molecule has 0 saturated heterocycles. The highest BCUT2D eigenvalue weighted by molar-refractivity contribution is 6.29. The van der Waals surface area contributed by atoms with Crippen LogP contribution < -0.4 is 10.3 Å². The molecule has 1 N–H and O–H groups in total. The van der Waals surface area contributed by atoms with E-state index in [1.807, 2.05) is 0 Å². The van der Waals surface area contributed by atoms with E-state index < -0.39 is 17.7 Å². The van der Waals surface area contributed by atoms with Crippen molar-refractivity contribution in [2.45, 2.75) is 6.36 Å². The monoisotopic (exact) mass is 290 g/mol. The van der Waals surface area contributed by atoms with Gasteiger partial charge in [-0.1, -0.05) is 29.8 Å². The molecule has 0 aliphatic carbocycles. The molecule has 2 rings (SSSR count). The highest BCUT2D eigenvalue weighted by Crippen LogP contribution is 2.32. The number of rotatable bonds is 2. The lowest BCUT2D eigenvalue weighted by Crippen LogP contribution is -2.18. The molecule has 0 aliphatic rings. The molecule has 2 aromatic rings. The second-order valence-corrected chi connectivity index (χ2v) is 3.86. The Bertz CT molecular complexity index is 655. The average Bonchev–Trinajstić information content (AvgIpc) is 2.31. The van der Waals surface area contributed by atoms with E-state index in [-0.39, 0.29) is 16.3 Å². The third-order valence-electron chi connectivity index (χ3n) is 2.18. The van der Waals surface area contributed by atoms with Gasteiger partial charge in [-0.25, -0.2) is 5.10 Å². The van der Waals surface area contributed by atoms with Gasteiger partial charge in [0.15, 0.2) is 0 Å². The number of alkyl halides is 3. The average molecular weight is 291 g/mol. The zero-order valence-electron chi connectivity index (χ0n) is 9.16. The maximum absolute atomic E-state index is 12.3. The molecule has 1 aromatic carbocycles. The highest BCUT2D eigenvalue weighted by Gasteiger charge is 2.32. The molecule has 0 amide bonds. The van der Waals surface area contributed by atoms with Crippen LogP contribution in [0.2, 0.25) is 5.15 Å². The Morgan fingerprint density at radius 1 is 1.21 bits per heavy atom. The van der Waals surface area contributed by atoms with Crippen LogP contribution in [0.3, 0.4) is 0 Å². The van der Waals surface area contributed by atoms with Crippen LogP contribution in [-0.2, 0) is 0 Å². The SMILES string of the molecule is O=c1[nH]nc(Cl)cc1-c1ccccc1OC(F)(F)F. The first-order chi connectivity index (χ1) is 8.87. The third kappa shape index (κ3) is 3.25. The van der Waals surface area contributed by atoms with E-state index in [2.05, 4.69) is 14.9 Å². The minimum absolute atomic E-state index is 0.0228. The van der Waals surface area contributed by atoms with E-state index in [1.165, 1.54) is 24.3 Å². The van der Waals surface area contributed by atoms with E-state index in [4.69, 9.17) is 11.6 Å². The summed E-state index contributed by atoms with van der Waals surface area (Å²) < 4.78 is 40.7. The molecule has 0 unspecified atom stereocenters. The first kappa shape index (κ1) is 13.4. The molecule has 1 heterocycles. The van der Waals surface area contributed by atoms with Gasteiger partial charge in [0.05, 0.1) is 5.56 Å². The largest absolute Gasteiger partial charge is 0.573 e. The summed E-state index contributed by atoms with van der Waals surface area (Å²) in [5.41, 5.74) is -0.743. The molecule has 0 aliphatic heterocycles. The van der Waals surface area contributed by atoms with Crippen molar-refractivity contribution in [3.63, 3.8) is 0 Å². The summed E-state index contributed by atoms with van der Waals surface area (Å²) in [7, 11) is 0. The van der Waals surface area contributed by atoms with Gasteiger partial charge in [0, 0.05) is 5.56 Å². The molecule has 0 radical (unpaired) electrons. The quantitative estimate of drug-likeness (QED) is 0.925. The molecule has 0 atom stereocenters. The standard InChI is InChI=1S/C11H6ClF3N2O2/c12-9-5-7(10(18)17-16-9)6-3-1-2-4-8(6)19-11(13,14)15/h1-5H,(H,17,18). The lowest BCUT2D eigenvalue weighted by atomic mass is 10.1. The topological polar surface area (TPSA) is 55.0 Å². The third-order valence-corrected chi connectivity index (χ3v) is 2.37. The normalized spacial score (nSPS) is 11.4. The number of halogens is 4. The van der Waals surface area contributed by atoms with Crippen LogP contribution in [-0.4, -0.2) is 16.6 Å². The Balaban J connectivity index is 2.56. The molecule has 0 fully saturated rings. The summed E-state index contributed by atoms with van der Waals surface area (Å²) in [4.78, 5) is 11.6. The van der Waals surface area contributed by atoms with Crippen LogP contribution in [0.5, 0.6) is 5.75 Å². The van der Waals surface area contributed by atoms with Crippen molar-refractivity contribution in [2.24, 2.45) is 0 Å². The zero-order valence-corrected chi connectivity index (χ0v) is 9.92. The lowest BCUT2D eigenvalue weighted by Gasteiger charge is -2.12. The van der Waals surface area contributed by atoms with Crippen LogP contribution in [0.4, 0.5) is 13.2 Å². The molecular weight excluding hydrogens is 285 g/mol. The van der Waals surface area contributed by atoms with Gasteiger partial charge in [0.25, 0.3) is 5.56 Å². The van der Waals surface area contributed by atoms with Crippen molar-refractivity contribution >= 4 is 11.6 Å². The van der Waals surface area contributed by atoms with E-state index >= 15 is 0 Å². The summed E-state index contributed by atoms with van der Waals surface area (Å²) >= 11 is 5.61. The Morgan fingerprint density at radius 3 is 2.58 bits per heavy atom. The molecule has 100 valence electrons. The molecular formula is C11H6ClF3N2O2. The van der Waals surface area contributed by atoms with Gasteiger partial charge in [-0.05, 0) is 12.1 Å². The van der Waals surface area contributed by atoms with E-state index in [9.17, 15) is 18.0 Å². The van der Waals surface area contributed by atoms with Crippen molar-refractivity contribution < 1.29 is 17.9 Å². The summed E-state index contributed by atoms with van der Waals surface area (Å²) in [5, 5.41) is 5.47. The number of benzene rings is 1. The number of H-pyrrole nitrogens is 1. The number of ether oxygens (including phenoxy) is 1. The molecule has 19 heavy (non-hydrogen) atoms. The summed E-state index contributed by atoms with van der Waals surface area (Å²) in [6.45, 7) is 0. The maximum Gasteiger partial charge on any atom is 0.573 e. The summed E-state index contributed by atoms with van der Waals surface area (Å²) in [5.74, 6) is -0.484. The number of hydrogen-bond donors (Lipinski definition) is 1. The van der Waals surface area contributed by atoms with Gasteiger partial charge in [-0.2, -0.15) is 5.10 Å². The van der Waals surface area contributed by atoms with E-state index in [1.54, 1.807) is 0 Å². The number of aromatic amines is 1. The van der Waals surface area contributed by atoms with E-state index in [0.29, 0.717) is 0 Å². The predicted molar refractivity (Wildman–Crippen MR) is 62.0 cm³/mol. The second-order valence-electron chi connectivity index (χ2n) is 3.48. The fraction of sp³-hybridized carbons (Fsp3) is 0.0909. The lowest BCUT2D eigenvalue weighted by molar-refractivity contribution is -0.274. The number of para-hydroxylation sites is 1. The predicted octanol–water partition coefficient (Wildman–Crippen LogP) is 2.99. The number of aromatic nitrogens is 2. The zero-order chi connectivity index (χ0) is 14.0. The van der Waals surface area contributed by atoms with Gasteiger partial charge in [-0.3, -0.25) is 4.79 Å². The molecule has 0 saturated carbocycles. The number of nitrogens with zero attached hydrogens (tertiary/aromatic N) is 1. The summed E-state index contributed by atoms with van der Waals surface area (Å²) in [6.07, 6.45) is -4.85. The van der Waals surface area contributed by atoms with Crippen molar-refractivity contribution in [3.8, 4) is 16.9 Å². The van der Waals surface area contributed by atoms with Crippen molar-refractivity contribution in [3.05, 3.63) is 45.8 Å². The molecule has 1 aromatic heterocycles. The van der Waals surface area contributed by atoms with E-state index in [0.717, 1.165) is 6.07 Å². The minimum Gasteiger partial charge on any atom is -0.405 e. The Hall–Kier alpha value is -2.02. The Labute approximate surface area is 109 Å². The smallest absolute Gasteiger partial charge is 0.405 e. The molecule has 4 nitrogen and oxygen atoms in total. The fourth-order valence-corrected chi connectivity index (χ4v) is 1.64. The number of hydrogen-bond acceptors (Lipinski definition) is 3. The van der Waals surface area contributed by atoms with Crippen LogP contribution in [0.25, 0.3) is 11.1 Å². The van der Waals surface area contributed by atoms with Crippen molar-refractivity contribution in [2.75, 3.05) is 0 Å². The molecule has 0 spiro atoms. The summed E-state index contributed by atoms with van der Waals surface area (Å²) in [6, 6.07) is 6.44. The second kappa shape index (κ2) is 4.93. The van der Waals surface area contributed by atoms with Crippen LogP contribution in [0, 0.1) is 0 Å². The first-order valence-corrected chi connectivity index (χ1v) is 5.35. The maximum atomic E-state index is 12.3. The van der Waals surface area contributed by atoms with Gasteiger partial charge >= 0.3 is 6.36 Å². The van der Waals surface area contributed by atoms with Gasteiger partial charge in [0.1, 0.15) is 10.9 Å². The first-order valence-electron chi connectivity index (χ1n) is 4.97. The fourth-order valence-electron chi connectivity index (χ4n) is 1.48. The van der Waals surface area contributed by atoms with Crippen LogP contribution in [0.1, 0.15) is 0 Å². The Kier molecular flexibility index (Phi) is 3.48. The Morgan fingerprint density at radius 2 is 1.89 bits per heavy atom. The van der Waals surface area contributed by atoms with Gasteiger partial charge < -0.3 is 4.74 Å². The van der Waals surface area contributed by atoms with Crippen LogP contribution >= 0.6 is 11.6 Å². The molecule has 0 bridgehead atoms. The van der Waals surface area contributed by atoms with Crippen molar-refractivity contribution in [1.29, 1.82) is 0 Å². The van der Waals surface area contributed by atoms with Gasteiger partial charge in [-0.15, -0.1) is 13.2 Å². The number of nitrogens with one attached hydrogen (secondary N) is 1. The molecule has 8 heteroatoms. The van der Waals surface area contributed by atoms with Crippen molar-refractivity contribution in [1.82, 2.24) is 10.2 Å². The minimum atomic E-state index is -4.85. The van der Waals surface area contributed by atoms with Gasteiger partial charge in [0.2, 0.25) is 0 Å². The van der Waals surface area contributed by atoms with Crippen LogP contribution in [0.15, 0.2) is 35.1 Å². The highest BCUT2D eigenvalue weighted by atomic mass is 35.5.